The van der Waals surface area contributed by atoms with Crippen LogP contribution in [-0.4, -0.2) is 36.7 Å². The predicted octanol–water partition coefficient (Wildman–Crippen LogP) is 1.50. The molecule has 88 valence electrons. The molecule has 4 nitrogen and oxygen atoms in total. The molecule has 1 rings (SSSR count). The van der Waals surface area contributed by atoms with E-state index in [1.165, 1.54) is 4.90 Å². The minimum Gasteiger partial charge on any atom is -0.447 e. The largest absolute Gasteiger partial charge is 0.447 e. The number of ether oxygens (including phenoxy) is 1. The molecule has 0 aliphatic heterocycles. The van der Waals surface area contributed by atoms with Crippen molar-refractivity contribution in [2.75, 3.05) is 25.5 Å². The number of carbonyl (C=O) groups is 1. The minimum atomic E-state index is -0.484. The number of alkyl carbamates (subject to hydrolysis) is 1. The number of thioether (sulfide) groups is 1. The van der Waals surface area contributed by atoms with Gasteiger partial charge in [0.1, 0.15) is 6.61 Å². The summed E-state index contributed by atoms with van der Waals surface area (Å²) in [5.74, 6) is 0.790. The second kappa shape index (κ2) is 8.01. The van der Waals surface area contributed by atoms with Crippen molar-refractivity contribution in [1.29, 1.82) is 0 Å². The van der Waals surface area contributed by atoms with Crippen molar-refractivity contribution in [3.8, 4) is 0 Å². The second-order valence-corrected chi connectivity index (χ2v) is 4.12. The van der Waals surface area contributed by atoms with Crippen molar-refractivity contribution in [1.82, 2.24) is 5.32 Å². The summed E-state index contributed by atoms with van der Waals surface area (Å²) in [6.07, 6.45) is -0.484. The first kappa shape index (κ1) is 12.9. The van der Waals surface area contributed by atoms with E-state index in [0.717, 1.165) is 5.75 Å². The van der Waals surface area contributed by atoms with Crippen LogP contribution in [-0.2, 0) is 4.74 Å². The van der Waals surface area contributed by atoms with Crippen molar-refractivity contribution in [3.63, 3.8) is 0 Å². The molecule has 1 amide bonds. The van der Waals surface area contributed by atoms with Crippen LogP contribution in [0.1, 0.15) is 0 Å². The van der Waals surface area contributed by atoms with E-state index in [9.17, 15) is 4.79 Å². The van der Waals surface area contributed by atoms with Gasteiger partial charge in [0.15, 0.2) is 0 Å². The molecule has 0 fully saturated rings. The smallest absolute Gasteiger partial charge is 0.407 e. The molecule has 0 aliphatic rings. The van der Waals surface area contributed by atoms with Crippen molar-refractivity contribution < 1.29 is 14.6 Å². The third-order valence-electron chi connectivity index (χ3n) is 1.71. The number of amides is 1. The molecule has 0 radical (unpaired) electrons. The van der Waals surface area contributed by atoms with Gasteiger partial charge in [-0.05, 0) is 12.1 Å². The molecule has 0 aliphatic carbocycles. The zero-order valence-electron chi connectivity index (χ0n) is 8.89. The van der Waals surface area contributed by atoms with E-state index in [2.05, 4.69) is 10.1 Å². The maximum atomic E-state index is 11.0. The van der Waals surface area contributed by atoms with Crippen LogP contribution in [0.2, 0.25) is 0 Å². The van der Waals surface area contributed by atoms with E-state index >= 15 is 0 Å². The molecule has 2 N–H and O–H groups in total. The Labute approximate surface area is 99.0 Å². The number of aliphatic hydroxyl groups is 1. The Hall–Kier alpha value is -1.20. The van der Waals surface area contributed by atoms with Gasteiger partial charge in [0.05, 0.1) is 6.61 Å². The van der Waals surface area contributed by atoms with Crippen LogP contribution in [0.3, 0.4) is 0 Å². The Morgan fingerprint density at radius 3 is 2.81 bits per heavy atom. The molecule has 0 saturated carbocycles. The van der Waals surface area contributed by atoms with Crippen LogP contribution in [0.25, 0.3) is 0 Å². The van der Waals surface area contributed by atoms with Crippen molar-refractivity contribution in [3.05, 3.63) is 30.3 Å². The standard InChI is InChI=1S/C11H15NO3S/c13-7-8-15-11(14)12-6-9-16-10-4-2-1-3-5-10/h1-5,13H,6-9H2,(H,12,14). The summed E-state index contributed by atoms with van der Waals surface area (Å²) >= 11 is 1.67. The molecule has 1 aromatic carbocycles. The Morgan fingerprint density at radius 1 is 1.38 bits per heavy atom. The molecule has 1 aromatic rings. The normalized spacial score (nSPS) is 9.81. The Bertz CT molecular complexity index is 305. The van der Waals surface area contributed by atoms with E-state index in [1.54, 1.807) is 11.8 Å². The van der Waals surface area contributed by atoms with Crippen molar-refractivity contribution in [2.45, 2.75) is 4.90 Å². The summed E-state index contributed by atoms with van der Waals surface area (Å²) in [5, 5.41) is 11.0. The van der Waals surface area contributed by atoms with Crippen molar-refractivity contribution in [2.24, 2.45) is 0 Å². The van der Waals surface area contributed by atoms with Gasteiger partial charge in [0.2, 0.25) is 0 Å². The number of nitrogens with one attached hydrogen (secondary N) is 1. The van der Waals surface area contributed by atoms with Gasteiger partial charge < -0.3 is 15.2 Å². The number of carbonyl (C=O) groups excluding carboxylic acids is 1. The van der Waals surface area contributed by atoms with Gasteiger partial charge in [-0.2, -0.15) is 0 Å². The summed E-state index contributed by atoms with van der Waals surface area (Å²) in [6, 6.07) is 9.97. The molecule has 0 heterocycles. The highest BCUT2D eigenvalue weighted by Gasteiger charge is 1.99. The highest BCUT2D eigenvalue weighted by Crippen LogP contribution is 2.15. The number of hydrogen-bond donors (Lipinski definition) is 2. The third-order valence-corrected chi connectivity index (χ3v) is 2.72. The summed E-state index contributed by atoms with van der Waals surface area (Å²) < 4.78 is 4.63. The molecule has 0 aromatic heterocycles. The van der Waals surface area contributed by atoms with Gasteiger partial charge in [-0.1, -0.05) is 18.2 Å². The number of rotatable bonds is 6. The average Bonchev–Trinajstić information content (AvgIpc) is 2.33. The molecular weight excluding hydrogens is 226 g/mol. The van der Waals surface area contributed by atoms with E-state index in [0.29, 0.717) is 6.54 Å². The van der Waals surface area contributed by atoms with Crippen LogP contribution >= 0.6 is 11.8 Å². The summed E-state index contributed by atoms with van der Waals surface area (Å²) in [5.41, 5.74) is 0. The Kier molecular flexibility index (Phi) is 6.44. The predicted molar refractivity (Wildman–Crippen MR) is 63.6 cm³/mol. The van der Waals surface area contributed by atoms with E-state index < -0.39 is 6.09 Å². The summed E-state index contributed by atoms with van der Waals surface area (Å²) in [7, 11) is 0. The highest BCUT2D eigenvalue weighted by atomic mass is 32.2. The fourth-order valence-electron chi connectivity index (χ4n) is 1.03. The molecule has 0 saturated heterocycles. The first-order valence-corrected chi connectivity index (χ1v) is 6.01. The molecule has 0 spiro atoms. The summed E-state index contributed by atoms with van der Waals surface area (Å²) in [6.45, 7) is 0.438. The average molecular weight is 241 g/mol. The maximum absolute atomic E-state index is 11.0. The van der Waals surface area contributed by atoms with E-state index in [1.807, 2.05) is 30.3 Å². The summed E-state index contributed by atoms with van der Waals surface area (Å²) in [4.78, 5) is 12.1. The van der Waals surface area contributed by atoms with Gasteiger partial charge in [-0.25, -0.2) is 4.79 Å². The third kappa shape index (κ3) is 5.63. The van der Waals surface area contributed by atoms with Gasteiger partial charge in [0, 0.05) is 17.2 Å². The van der Waals surface area contributed by atoms with Gasteiger partial charge >= 0.3 is 6.09 Å². The quantitative estimate of drug-likeness (QED) is 0.585. The van der Waals surface area contributed by atoms with Gasteiger partial charge in [-0.3, -0.25) is 0 Å². The molecule has 5 heteroatoms. The topological polar surface area (TPSA) is 58.6 Å². The highest BCUT2D eigenvalue weighted by molar-refractivity contribution is 7.99. The van der Waals surface area contributed by atoms with Crippen molar-refractivity contribution >= 4 is 17.9 Å². The lowest BCUT2D eigenvalue weighted by Crippen LogP contribution is -2.27. The van der Waals surface area contributed by atoms with Crippen LogP contribution in [0.15, 0.2) is 35.2 Å². The fraction of sp³-hybridized carbons (Fsp3) is 0.364. The minimum absolute atomic E-state index is 0.0393. The van der Waals surface area contributed by atoms with Gasteiger partial charge in [0.25, 0.3) is 0 Å². The molecule has 16 heavy (non-hydrogen) atoms. The van der Waals surface area contributed by atoms with E-state index in [-0.39, 0.29) is 13.2 Å². The monoisotopic (exact) mass is 241 g/mol. The first-order valence-electron chi connectivity index (χ1n) is 5.02. The van der Waals surface area contributed by atoms with Crippen LogP contribution < -0.4 is 5.32 Å². The van der Waals surface area contributed by atoms with Gasteiger partial charge in [-0.15, -0.1) is 11.8 Å². The van der Waals surface area contributed by atoms with Crippen LogP contribution in [0.5, 0.6) is 0 Å². The Balaban J connectivity index is 2.06. The number of hydrogen-bond acceptors (Lipinski definition) is 4. The first-order chi connectivity index (χ1) is 7.83. The van der Waals surface area contributed by atoms with E-state index in [4.69, 9.17) is 5.11 Å². The SMILES string of the molecule is O=C(NCCSc1ccccc1)OCCO. The molecular formula is C11H15NO3S. The van der Waals surface area contributed by atoms with Crippen LogP contribution in [0, 0.1) is 0 Å². The maximum Gasteiger partial charge on any atom is 0.407 e. The molecule has 0 bridgehead atoms. The molecule has 0 unspecified atom stereocenters. The lowest BCUT2D eigenvalue weighted by atomic mass is 10.4. The fourth-order valence-corrected chi connectivity index (χ4v) is 1.82. The zero-order valence-corrected chi connectivity index (χ0v) is 9.70. The zero-order chi connectivity index (χ0) is 11.6. The number of benzene rings is 1. The van der Waals surface area contributed by atoms with Crippen LogP contribution in [0.4, 0.5) is 4.79 Å². The molecule has 0 atom stereocenters. The lowest BCUT2D eigenvalue weighted by Gasteiger charge is -2.05. The second-order valence-electron chi connectivity index (χ2n) is 2.95. The lowest BCUT2D eigenvalue weighted by molar-refractivity contribution is 0.119. The number of aliphatic hydroxyl groups excluding tert-OH is 1. The Morgan fingerprint density at radius 2 is 2.12 bits per heavy atom.